The van der Waals surface area contributed by atoms with Gasteiger partial charge in [0.15, 0.2) is 0 Å². The van der Waals surface area contributed by atoms with Crippen LogP contribution in [0.25, 0.3) is 11.1 Å². The van der Waals surface area contributed by atoms with E-state index in [1.165, 1.54) is 30.3 Å². The first-order valence-corrected chi connectivity index (χ1v) is 15.0. The van der Waals surface area contributed by atoms with E-state index in [1.54, 1.807) is 0 Å². The van der Waals surface area contributed by atoms with Gasteiger partial charge in [0.25, 0.3) is 10.0 Å². The second kappa shape index (κ2) is 13.4. The molecule has 3 aromatic rings. The number of anilines is 1. The molecule has 16 heteroatoms. The monoisotopic (exact) mass is 650 g/mol. The Balaban J connectivity index is 1.52. The van der Waals surface area contributed by atoms with Crippen molar-refractivity contribution in [1.82, 2.24) is 4.90 Å². The van der Waals surface area contributed by atoms with E-state index in [2.05, 4.69) is 14.4 Å². The first-order chi connectivity index (χ1) is 19.8. The molecule has 0 atom stereocenters. The highest BCUT2D eigenvalue weighted by atomic mass is 35.5. The minimum absolute atomic E-state index is 0.0486. The quantitative estimate of drug-likeness (QED) is 0.135. The molecular weight excluding hydrogens is 628 g/mol. The molecule has 1 aliphatic heterocycles. The van der Waals surface area contributed by atoms with Gasteiger partial charge >= 0.3 is 18.1 Å². The summed E-state index contributed by atoms with van der Waals surface area (Å²) in [6.07, 6.45) is -4.96. The van der Waals surface area contributed by atoms with Crippen molar-refractivity contribution < 1.29 is 49.8 Å². The fraction of sp³-hybridized carbons (Fsp3) is 0.308. The van der Waals surface area contributed by atoms with E-state index in [9.17, 15) is 35.6 Å². The lowest BCUT2D eigenvalue weighted by Crippen LogP contribution is -2.37. The van der Waals surface area contributed by atoms with Crippen LogP contribution in [0.5, 0.6) is 5.75 Å². The molecule has 0 spiro atoms. The highest BCUT2D eigenvalue weighted by molar-refractivity contribution is 7.94. The molecule has 0 bridgehead atoms. The Morgan fingerprint density at radius 1 is 1.10 bits per heavy atom. The van der Waals surface area contributed by atoms with E-state index in [0.29, 0.717) is 56.2 Å². The standard InChI is InChI=1S/C26H23ClF4N2O7S2/c27-23-20(16-3-1-4-17(28)13-16)15-22(41-23)42(36,37)32-18-5-6-19(21(14-18)40-25(35)26(29,30)31)24(34)39-10-2-7-33-8-11-38-12-9-33/h1,3-6,13-15,32H,2,7-12H2. The van der Waals surface area contributed by atoms with Gasteiger partial charge in [-0.25, -0.2) is 22.4 Å². The van der Waals surface area contributed by atoms with Gasteiger partial charge in [-0.15, -0.1) is 11.3 Å². The number of nitrogens with zero attached hydrogens (tertiary/aromatic N) is 1. The first kappa shape index (κ1) is 31.7. The van der Waals surface area contributed by atoms with Crippen LogP contribution < -0.4 is 9.46 Å². The number of alkyl halides is 3. The molecule has 1 saturated heterocycles. The van der Waals surface area contributed by atoms with Crippen molar-refractivity contribution in [2.24, 2.45) is 0 Å². The molecule has 0 amide bonds. The van der Waals surface area contributed by atoms with E-state index in [-0.39, 0.29) is 26.4 Å². The predicted molar refractivity (Wildman–Crippen MR) is 146 cm³/mol. The minimum Gasteiger partial charge on any atom is -0.462 e. The Kier molecular flexibility index (Phi) is 10.1. The summed E-state index contributed by atoms with van der Waals surface area (Å²) in [6.45, 7) is 3.12. The zero-order valence-corrected chi connectivity index (χ0v) is 24.0. The van der Waals surface area contributed by atoms with Crippen LogP contribution in [0.15, 0.2) is 52.7 Å². The van der Waals surface area contributed by atoms with E-state index < -0.39 is 45.3 Å². The number of carbonyl (C=O) groups excluding carboxylic acids is 2. The van der Waals surface area contributed by atoms with Crippen molar-refractivity contribution >= 4 is 50.6 Å². The molecular formula is C26H23ClF4N2O7S2. The number of thiophene rings is 1. The molecule has 1 fully saturated rings. The fourth-order valence-corrected chi connectivity index (χ4v) is 6.71. The summed E-state index contributed by atoms with van der Waals surface area (Å²) in [5, 5.41) is 0. The maximum atomic E-state index is 13.7. The third kappa shape index (κ3) is 8.19. The van der Waals surface area contributed by atoms with E-state index in [0.717, 1.165) is 18.2 Å². The smallest absolute Gasteiger partial charge is 0.462 e. The number of sulfonamides is 1. The SMILES string of the molecule is O=C(OCCCN1CCOCC1)c1ccc(NS(=O)(=O)c2cc(-c3cccc(F)c3)c(Cl)s2)cc1OC(=O)C(F)(F)F. The van der Waals surface area contributed by atoms with Crippen molar-refractivity contribution in [3.8, 4) is 16.9 Å². The Bertz CT molecular complexity index is 1560. The topological polar surface area (TPSA) is 111 Å². The van der Waals surface area contributed by atoms with Gasteiger partial charge < -0.3 is 14.2 Å². The van der Waals surface area contributed by atoms with Crippen LogP contribution in [0.1, 0.15) is 16.8 Å². The Hall–Kier alpha value is -3.24. The number of morpholine rings is 1. The summed E-state index contributed by atoms with van der Waals surface area (Å²) in [5.74, 6) is -5.11. The lowest BCUT2D eigenvalue weighted by atomic mass is 10.1. The van der Waals surface area contributed by atoms with Crippen LogP contribution in [-0.2, 0) is 24.3 Å². The van der Waals surface area contributed by atoms with Crippen LogP contribution in [0.4, 0.5) is 23.2 Å². The van der Waals surface area contributed by atoms with Gasteiger partial charge in [-0.3, -0.25) is 9.62 Å². The van der Waals surface area contributed by atoms with Gasteiger partial charge in [0.2, 0.25) is 0 Å². The van der Waals surface area contributed by atoms with Crippen LogP contribution >= 0.6 is 22.9 Å². The van der Waals surface area contributed by atoms with Gasteiger partial charge in [0.05, 0.1) is 25.5 Å². The van der Waals surface area contributed by atoms with Gasteiger partial charge in [0.1, 0.15) is 25.7 Å². The third-order valence-corrected chi connectivity index (χ3v) is 9.12. The summed E-state index contributed by atoms with van der Waals surface area (Å²) in [7, 11) is -4.37. The number of ether oxygens (including phenoxy) is 3. The Labute approximate surface area is 247 Å². The highest BCUT2D eigenvalue weighted by Gasteiger charge is 2.42. The van der Waals surface area contributed by atoms with Gasteiger partial charge in [-0.05, 0) is 42.3 Å². The number of carbonyl (C=O) groups is 2. The molecule has 42 heavy (non-hydrogen) atoms. The van der Waals surface area contributed by atoms with E-state index in [1.807, 2.05) is 0 Å². The highest BCUT2D eigenvalue weighted by Crippen LogP contribution is 2.39. The molecule has 0 aliphatic carbocycles. The fourth-order valence-electron chi connectivity index (χ4n) is 3.89. The number of rotatable bonds is 10. The molecule has 1 aromatic heterocycles. The molecule has 226 valence electrons. The van der Waals surface area contributed by atoms with Gasteiger partial charge in [0, 0.05) is 31.3 Å². The molecule has 1 N–H and O–H groups in total. The van der Waals surface area contributed by atoms with Crippen LogP contribution in [0.2, 0.25) is 4.34 Å². The third-order valence-electron chi connectivity index (χ3n) is 5.91. The normalized spacial score (nSPS) is 14.4. The molecule has 0 saturated carbocycles. The maximum Gasteiger partial charge on any atom is 0.491 e. The van der Waals surface area contributed by atoms with Crippen molar-refractivity contribution in [3.63, 3.8) is 0 Å². The summed E-state index contributed by atoms with van der Waals surface area (Å²) >= 11 is 6.86. The average molecular weight is 651 g/mol. The largest absolute Gasteiger partial charge is 0.491 e. The zero-order valence-electron chi connectivity index (χ0n) is 21.6. The molecule has 0 unspecified atom stereocenters. The summed E-state index contributed by atoms with van der Waals surface area (Å²) in [4.78, 5) is 26.3. The lowest BCUT2D eigenvalue weighted by Gasteiger charge is -2.26. The van der Waals surface area contributed by atoms with Crippen LogP contribution in [0.3, 0.4) is 0 Å². The first-order valence-electron chi connectivity index (χ1n) is 12.3. The molecule has 1 aliphatic rings. The summed E-state index contributed by atoms with van der Waals surface area (Å²) in [6, 6.07) is 9.35. The lowest BCUT2D eigenvalue weighted by molar-refractivity contribution is -0.189. The van der Waals surface area contributed by atoms with Crippen molar-refractivity contribution in [3.05, 3.63) is 64.2 Å². The number of nitrogens with one attached hydrogen (secondary N) is 1. The van der Waals surface area contributed by atoms with Crippen molar-refractivity contribution in [2.45, 2.75) is 16.8 Å². The van der Waals surface area contributed by atoms with E-state index >= 15 is 0 Å². The Morgan fingerprint density at radius 3 is 2.52 bits per heavy atom. The van der Waals surface area contributed by atoms with Crippen molar-refractivity contribution in [2.75, 3.05) is 44.2 Å². The molecule has 4 rings (SSSR count). The number of halogens is 5. The number of hydrogen-bond acceptors (Lipinski definition) is 9. The molecule has 0 radical (unpaired) electrons. The summed E-state index contributed by atoms with van der Waals surface area (Å²) in [5.41, 5.74) is -0.268. The van der Waals surface area contributed by atoms with Gasteiger partial charge in [-0.1, -0.05) is 23.7 Å². The van der Waals surface area contributed by atoms with Crippen molar-refractivity contribution in [1.29, 1.82) is 0 Å². The second-order valence-corrected chi connectivity index (χ2v) is 12.5. The zero-order chi connectivity index (χ0) is 30.5. The molecule has 2 heterocycles. The minimum atomic E-state index is -5.39. The van der Waals surface area contributed by atoms with Crippen LogP contribution in [0, 0.1) is 5.82 Å². The maximum absolute atomic E-state index is 13.7. The molecule has 2 aromatic carbocycles. The second-order valence-electron chi connectivity index (χ2n) is 8.91. The predicted octanol–water partition coefficient (Wildman–Crippen LogP) is 5.36. The van der Waals surface area contributed by atoms with E-state index in [4.69, 9.17) is 21.1 Å². The number of benzene rings is 2. The van der Waals surface area contributed by atoms with Crippen LogP contribution in [-0.4, -0.2) is 70.9 Å². The Morgan fingerprint density at radius 2 is 1.83 bits per heavy atom. The molecule has 9 nitrogen and oxygen atoms in total. The number of esters is 2. The average Bonchev–Trinajstić information content (AvgIpc) is 3.33. The van der Waals surface area contributed by atoms with Gasteiger partial charge in [-0.2, -0.15) is 13.2 Å². The number of hydrogen-bond donors (Lipinski definition) is 1. The summed E-state index contributed by atoms with van der Waals surface area (Å²) < 4.78 is 95.3.